The zero-order valence-electron chi connectivity index (χ0n) is 15.6. The predicted molar refractivity (Wildman–Crippen MR) is 103 cm³/mol. The monoisotopic (exact) mass is 347 g/mol. The molecule has 2 aliphatic heterocycles. The van der Waals surface area contributed by atoms with Crippen molar-refractivity contribution in [3.05, 3.63) is 82.6 Å². The van der Waals surface area contributed by atoms with E-state index in [0.29, 0.717) is 6.54 Å². The lowest BCUT2D eigenvalue weighted by atomic mass is 10.0. The molecule has 0 spiro atoms. The molecule has 2 aliphatic rings. The Labute approximate surface area is 155 Å². The van der Waals surface area contributed by atoms with Crippen LogP contribution >= 0.6 is 0 Å². The van der Waals surface area contributed by atoms with E-state index in [-0.39, 0.29) is 18.0 Å². The van der Waals surface area contributed by atoms with Gasteiger partial charge in [-0.1, -0.05) is 59.7 Å². The number of hydrazine groups is 1. The summed E-state index contributed by atoms with van der Waals surface area (Å²) in [5, 5.41) is 2.04. The standard InChI is InChI=1S/C22H25N3O/c1-15-7-9-19(10-8-15)20-12-21-22(26)24(13-17(3)25(21)23-20)14-18-6-4-5-16(2)11-18/h4-12,17,20,23H,13-14H2,1-3H3. The minimum atomic E-state index is 0.0518. The summed E-state index contributed by atoms with van der Waals surface area (Å²) in [5.74, 6) is 0.103. The Bertz CT molecular complexity index is 856. The first-order chi connectivity index (χ1) is 12.5. The van der Waals surface area contributed by atoms with Crippen molar-refractivity contribution in [3.63, 3.8) is 0 Å². The van der Waals surface area contributed by atoms with Crippen molar-refractivity contribution in [1.29, 1.82) is 0 Å². The minimum Gasteiger partial charge on any atom is -0.331 e. The first-order valence-corrected chi connectivity index (χ1v) is 9.20. The van der Waals surface area contributed by atoms with Crippen molar-refractivity contribution < 1.29 is 4.79 Å². The van der Waals surface area contributed by atoms with Crippen LogP contribution in [-0.2, 0) is 11.3 Å². The third-order valence-corrected chi connectivity index (χ3v) is 5.19. The molecule has 1 fully saturated rings. The topological polar surface area (TPSA) is 35.6 Å². The Morgan fingerprint density at radius 3 is 2.58 bits per heavy atom. The Morgan fingerprint density at radius 2 is 1.85 bits per heavy atom. The molecule has 0 aliphatic carbocycles. The molecule has 2 atom stereocenters. The Balaban J connectivity index is 1.57. The number of hydrogen-bond acceptors (Lipinski definition) is 3. The van der Waals surface area contributed by atoms with Crippen LogP contribution in [0.4, 0.5) is 0 Å². The molecule has 0 aromatic heterocycles. The molecule has 2 unspecified atom stereocenters. The fourth-order valence-electron chi connectivity index (χ4n) is 3.79. The van der Waals surface area contributed by atoms with Gasteiger partial charge < -0.3 is 4.90 Å². The Morgan fingerprint density at radius 1 is 1.08 bits per heavy atom. The summed E-state index contributed by atoms with van der Waals surface area (Å²) in [6.07, 6.45) is 2.06. The van der Waals surface area contributed by atoms with Gasteiger partial charge in [-0.15, -0.1) is 0 Å². The maximum atomic E-state index is 13.0. The highest BCUT2D eigenvalue weighted by Crippen LogP contribution is 2.31. The molecule has 1 N–H and O–H groups in total. The largest absolute Gasteiger partial charge is 0.331 e. The van der Waals surface area contributed by atoms with Crippen molar-refractivity contribution in [2.75, 3.05) is 6.54 Å². The maximum Gasteiger partial charge on any atom is 0.271 e. The van der Waals surface area contributed by atoms with Gasteiger partial charge in [0.1, 0.15) is 5.70 Å². The van der Waals surface area contributed by atoms with Gasteiger partial charge in [0, 0.05) is 13.1 Å². The van der Waals surface area contributed by atoms with Crippen molar-refractivity contribution in [2.24, 2.45) is 0 Å². The van der Waals surface area contributed by atoms with Crippen molar-refractivity contribution in [3.8, 4) is 0 Å². The molecule has 2 heterocycles. The van der Waals surface area contributed by atoms with E-state index in [2.05, 4.69) is 80.8 Å². The van der Waals surface area contributed by atoms with Gasteiger partial charge in [0.2, 0.25) is 0 Å². The van der Waals surface area contributed by atoms with Gasteiger partial charge in [-0.3, -0.25) is 9.80 Å². The van der Waals surface area contributed by atoms with E-state index < -0.39 is 0 Å². The van der Waals surface area contributed by atoms with E-state index in [1.165, 1.54) is 22.3 Å². The quantitative estimate of drug-likeness (QED) is 0.923. The van der Waals surface area contributed by atoms with E-state index in [1.807, 2.05) is 9.91 Å². The summed E-state index contributed by atoms with van der Waals surface area (Å²) >= 11 is 0. The van der Waals surface area contributed by atoms with Gasteiger partial charge in [0.05, 0.1) is 12.1 Å². The first kappa shape index (κ1) is 16.9. The van der Waals surface area contributed by atoms with Crippen molar-refractivity contribution >= 4 is 5.91 Å². The molecule has 4 nitrogen and oxygen atoms in total. The maximum absolute atomic E-state index is 13.0. The number of amides is 1. The fraction of sp³-hybridized carbons (Fsp3) is 0.318. The summed E-state index contributed by atoms with van der Waals surface area (Å²) in [4.78, 5) is 15.0. The number of hydrogen-bond donors (Lipinski definition) is 1. The predicted octanol–water partition coefficient (Wildman–Crippen LogP) is 3.48. The molecular weight excluding hydrogens is 322 g/mol. The third-order valence-electron chi connectivity index (χ3n) is 5.19. The smallest absolute Gasteiger partial charge is 0.271 e. The van der Waals surface area contributed by atoms with E-state index in [4.69, 9.17) is 0 Å². The van der Waals surface area contributed by atoms with E-state index in [1.54, 1.807) is 0 Å². The second-order valence-corrected chi connectivity index (χ2v) is 7.46. The zero-order valence-corrected chi connectivity index (χ0v) is 15.6. The molecule has 1 saturated heterocycles. The molecular formula is C22H25N3O. The van der Waals surface area contributed by atoms with Crippen LogP contribution in [0.3, 0.4) is 0 Å². The lowest BCUT2D eigenvalue weighted by Crippen LogP contribution is -2.55. The lowest BCUT2D eigenvalue weighted by molar-refractivity contribution is -0.134. The number of carbonyl (C=O) groups excluding carboxylic acids is 1. The summed E-state index contributed by atoms with van der Waals surface area (Å²) in [6, 6.07) is 17.2. The molecule has 0 bridgehead atoms. The summed E-state index contributed by atoms with van der Waals surface area (Å²) in [5.41, 5.74) is 9.09. The highest BCUT2D eigenvalue weighted by Gasteiger charge is 2.38. The Hall–Kier alpha value is -2.59. The number of fused-ring (bicyclic) bond motifs is 1. The van der Waals surface area contributed by atoms with Crippen LogP contribution in [0, 0.1) is 13.8 Å². The van der Waals surface area contributed by atoms with Crippen LogP contribution < -0.4 is 5.43 Å². The van der Waals surface area contributed by atoms with Gasteiger partial charge in [0.15, 0.2) is 0 Å². The SMILES string of the molecule is Cc1ccc(C2C=C3C(=O)N(Cc4cccc(C)c4)CC(C)N3N2)cc1. The third kappa shape index (κ3) is 3.13. The lowest BCUT2D eigenvalue weighted by Gasteiger charge is -2.40. The molecule has 1 amide bonds. The molecule has 4 heteroatoms. The number of nitrogens with zero attached hydrogens (tertiary/aromatic N) is 2. The van der Waals surface area contributed by atoms with Crippen molar-refractivity contribution in [2.45, 2.75) is 39.4 Å². The first-order valence-electron chi connectivity index (χ1n) is 9.20. The van der Waals surface area contributed by atoms with E-state index >= 15 is 0 Å². The molecule has 26 heavy (non-hydrogen) atoms. The number of carbonyl (C=O) groups is 1. The number of benzene rings is 2. The Kier molecular flexibility index (Phi) is 4.29. The van der Waals surface area contributed by atoms with Gasteiger partial charge in [0.25, 0.3) is 5.91 Å². The second kappa shape index (κ2) is 6.61. The summed E-state index contributed by atoms with van der Waals surface area (Å²) < 4.78 is 0. The molecule has 0 saturated carbocycles. The van der Waals surface area contributed by atoms with Gasteiger partial charge in [-0.2, -0.15) is 0 Å². The van der Waals surface area contributed by atoms with Crippen LogP contribution in [-0.4, -0.2) is 28.4 Å². The number of rotatable bonds is 3. The molecule has 134 valence electrons. The van der Waals surface area contributed by atoms with Crippen LogP contribution in [0.25, 0.3) is 0 Å². The fourth-order valence-corrected chi connectivity index (χ4v) is 3.79. The second-order valence-electron chi connectivity index (χ2n) is 7.46. The van der Waals surface area contributed by atoms with Gasteiger partial charge in [-0.05, 0) is 38.0 Å². The zero-order chi connectivity index (χ0) is 18.3. The van der Waals surface area contributed by atoms with Crippen LogP contribution in [0.2, 0.25) is 0 Å². The van der Waals surface area contributed by atoms with E-state index in [0.717, 1.165) is 12.2 Å². The van der Waals surface area contributed by atoms with Gasteiger partial charge in [-0.25, -0.2) is 5.43 Å². The minimum absolute atomic E-state index is 0.0518. The average molecular weight is 347 g/mol. The summed E-state index contributed by atoms with van der Waals surface area (Å²) in [7, 11) is 0. The van der Waals surface area contributed by atoms with Crippen molar-refractivity contribution in [1.82, 2.24) is 15.3 Å². The average Bonchev–Trinajstić information content (AvgIpc) is 3.06. The number of nitrogens with one attached hydrogen (secondary N) is 1. The highest BCUT2D eigenvalue weighted by molar-refractivity contribution is 5.94. The summed E-state index contributed by atoms with van der Waals surface area (Å²) in [6.45, 7) is 7.71. The highest BCUT2D eigenvalue weighted by atomic mass is 16.2. The van der Waals surface area contributed by atoms with Crippen LogP contribution in [0.1, 0.15) is 35.2 Å². The number of aryl methyl sites for hydroxylation is 2. The number of piperazine rings is 1. The normalized spacial score (nSPS) is 22.4. The van der Waals surface area contributed by atoms with Gasteiger partial charge >= 0.3 is 0 Å². The molecule has 0 radical (unpaired) electrons. The molecule has 2 aromatic carbocycles. The van der Waals surface area contributed by atoms with Crippen LogP contribution in [0.15, 0.2) is 60.3 Å². The molecule has 4 rings (SSSR count). The van der Waals surface area contributed by atoms with Crippen LogP contribution in [0.5, 0.6) is 0 Å². The van der Waals surface area contributed by atoms with E-state index in [9.17, 15) is 4.79 Å². The molecule has 2 aromatic rings.